The molecule has 79 heavy (non-hydrogen) atoms. The van der Waals surface area contributed by atoms with Gasteiger partial charge in [0.1, 0.15) is 13.2 Å². The van der Waals surface area contributed by atoms with Crippen LogP contribution in [0.15, 0.2) is 146 Å². The van der Waals surface area contributed by atoms with Crippen molar-refractivity contribution >= 4 is 17.9 Å². The Balaban J connectivity index is 4.36. The topological polar surface area (TPSA) is 78.9 Å². The summed E-state index contributed by atoms with van der Waals surface area (Å²) >= 11 is 0. The van der Waals surface area contributed by atoms with Crippen LogP contribution in [0.25, 0.3) is 0 Å². The summed E-state index contributed by atoms with van der Waals surface area (Å²) in [5.41, 5.74) is 0. The Hall–Kier alpha value is -4.71. The zero-order valence-corrected chi connectivity index (χ0v) is 51.1. The third kappa shape index (κ3) is 64.0. The van der Waals surface area contributed by atoms with Gasteiger partial charge in [0, 0.05) is 19.3 Å². The van der Waals surface area contributed by atoms with Gasteiger partial charge in [-0.05, 0) is 128 Å². The number of allylic oxidation sites excluding steroid dienone is 24. The van der Waals surface area contributed by atoms with Crippen LogP contribution in [0.2, 0.25) is 0 Å². The summed E-state index contributed by atoms with van der Waals surface area (Å²) in [7, 11) is 0. The van der Waals surface area contributed by atoms with Gasteiger partial charge in [0.25, 0.3) is 0 Å². The van der Waals surface area contributed by atoms with Gasteiger partial charge in [-0.15, -0.1) is 0 Å². The molecule has 0 aromatic rings. The molecule has 6 heteroatoms. The molecule has 0 amide bonds. The number of carbonyl (C=O) groups excluding carboxylic acids is 3. The molecular weight excluding hydrogens is 973 g/mol. The Kier molecular flexibility index (Phi) is 61.9. The van der Waals surface area contributed by atoms with Crippen LogP contribution < -0.4 is 0 Å². The lowest BCUT2D eigenvalue weighted by Crippen LogP contribution is -2.30. The number of ether oxygens (including phenoxy) is 3. The summed E-state index contributed by atoms with van der Waals surface area (Å²) in [6, 6.07) is 0. The van der Waals surface area contributed by atoms with E-state index >= 15 is 0 Å². The summed E-state index contributed by atoms with van der Waals surface area (Å²) < 4.78 is 16.8. The predicted molar refractivity (Wildman–Crippen MR) is 343 cm³/mol. The molecule has 6 nitrogen and oxygen atoms in total. The van der Waals surface area contributed by atoms with Crippen LogP contribution in [-0.2, 0) is 28.6 Å². The zero-order valence-electron chi connectivity index (χ0n) is 51.1. The van der Waals surface area contributed by atoms with Crippen molar-refractivity contribution in [1.82, 2.24) is 0 Å². The second kappa shape index (κ2) is 65.8. The molecule has 0 saturated heterocycles. The van der Waals surface area contributed by atoms with E-state index in [0.717, 1.165) is 128 Å². The van der Waals surface area contributed by atoms with Gasteiger partial charge in [-0.2, -0.15) is 0 Å². The first-order valence-corrected chi connectivity index (χ1v) is 32.3. The van der Waals surface area contributed by atoms with Crippen molar-refractivity contribution in [2.75, 3.05) is 13.2 Å². The Morgan fingerprint density at radius 2 is 0.506 bits per heavy atom. The quantitative estimate of drug-likeness (QED) is 0.0261. The highest BCUT2D eigenvalue weighted by Crippen LogP contribution is 2.15. The van der Waals surface area contributed by atoms with Gasteiger partial charge in [0.15, 0.2) is 6.10 Å². The van der Waals surface area contributed by atoms with Gasteiger partial charge >= 0.3 is 17.9 Å². The standard InChI is InChI=1S/C73H118O6/c1-4-7-10-13-16-19-22-24-26-28-30-32-34-35-36-37-39-40-42-44-46-48-51-54-57-60-63-66-72(75)78-69-70(68-77-71(74)65-62-59-56-53-50-21-18-15-12-9-6-3)79-73(76)67-64-61-58-55-52-49-47-45-43-41-38-33-31-29-27-25-23-20-17-14-11-8-5-2/h7-8,10-11,15-20,24-27,30-33,41,43,47,49,55,58,70H,4-6,9,12-14,21-23,28-29,34-40,42,44-46,48,50-54,56-57,59-69H2,1-3H3/b10-7-,11-8-,18-15-,19-16-,20-17-,26-24-,27-25-,32-30-,33-31-,43-41-,49-47-,58-55-. The van der Waals surface area contributed by atoms with Crippen molar-refractivity contribution < 1.29 is 28.6 Å². The lowest BCUT2D eigenvalue weighted by Gasteiger charge is -2.18. The molecule has 446 valence electrons. The number of unbranched alkanes of at least 4 members (excludes halogenated alkanes) is 22. The van der Waals surface area contributed by atoms with E-state index in [2.05, 4.69) is 167 Å². The fourth-order valence-electron chi connectivity index (χ4n) is 8.52. The molecule has 0 spiro atoms. The highest BCUT2D eigenvalue weighted by Gasteiger charge is 2.19. The predicted octanol–water partition coefficient (Wildman–Crippen LogP) is 22.3. The van der Waals surface area contributed by atoms with E-state index in [-0.39, 0.29) is 37.5 Å². The van der Waals surface area contributed by atoms with E-state index in [1.807, 2.05) is 0 Å². The maximum Gasteiger partial charge on any atom is 0.306 e. The molecule has 1 atom stereocenters. The highest BCUT2D eigenvalue weighted by atomic mass is 16.6. The molecule has 1 unspecified atom stereocenters. The molecule has 0 bridgehead atoms. The van der Waals surface area contributed by atoms with E-state index < -0.39 is 6.10 Å². The van der Waals surface area contributed by atoms with Crippen molar-refractivity contribution in [1.29, 1.82) is 0 Å². The Morgan fingerprint density at radius 3 is 0.823 bits per heavy atom. The molecule has 0 aromatic heterocycles. The Labute approximate surface area is 487 Å². The van der Waals surface area contributed by atoms with Crippen molar-refractivity contribution in [3.63, 3.8) is 0 Å². The average molecular weight is 1090 g/mol. The van der Waals surface area contributed by atoms with Crippen molar-refractivity contribution in [3.05, 3.63) is 146 Å². The van der Waals surface area contributed by atoms with Gasteiger partial charge in [0.2, 0.25) is 0 Å². The molecule has 0 aliphatic heterocycles. The van der Waals surface area contributed by atoms with Crippen molar-refractivity contribution in [3.8, 4) is 0 Å². The molecule has 0 heterocycles. The molecule has 0 N–H and O–H groups in total. The molecule has 0 radical (unpaired) electrons. The minimum absolute atomic E-state index is 0.108. The van der Waals surface area contributed by atoms with Gasteiger partial charge < -0.3 is 14.2 Å². The minimum atomic E-state index is -0.818. The van der Waals surface area contributed by atoms with E-state index in [4.69, 9.17) is 14.2 Å². The summed E-state index contributed by atoms with van der Waals surface area (Å²) in [6.45, 7) is 6.32. The molecule has 0 fully saturated rings. The van der Waals surface area contributed by atoms with Crippen LogP contribution in [-0.4, -0.2) is 37.2 Å². The normalized spacial score (nSPS) is 13.1. The monoisotopic (exact) mass is 1090 g/mol. The fourth-order valence-corrected chi connectivity index (χ4v) is 8.52. The van der Waals surface area contributed by atoms with Crippen molar-refractivity contribution in [2.45, 2.75) is 284 Å². The number of rotatable bonds is 57. The minimum Gasteiger partial charge on any atom is -0.462 e. The second-order valence-corrected chi connectivity index (χ2v) is 20.9. The largest absolute Gasteiger partial charge is 0.462 e. The maximum absolute atomic E-state index is 12.9. The SMILES string of the molecule is CC/C=C\C/C=C\C/C=C\C/C=C\C/C=C\C/C=C\C/C=C\CCCC(=O)OC(COC(=O)CCCCCCC/C=C\CCCC)COC(=O)CCCCCCCCCCCCCCCC/C=C\C/C=C\C/C=C\C/C=C\CC. The Bertz CT molecular complexity index is 1730. The lowest BCUT2D eigenvalue weighted by atomic mass is 10.0. The van der Waals surface area contributed by atoms with Gasteiger partial charge in [0.05, 0.1) is 0 Å². The lowest BCUT2D eigenvalue weighted by molar-refractivity contribution is -0.167. The second-order valence-electron chi connectivity index (χ2n) is 20.9. The maximum atomic E-state index is 12.9. The molecule has 0 aliphatic rings. The summed E-state index contributed by atoms with van der Waals surface area (Å²) in [6.07, 6.45) is 94.4. The number of carbonyl (C=O) groups is 3. The molecular formula is C73H118O6. The first-order chi connectivity index (χ1) is 39.0. The van der Waals surface area contributed by atoms with E-state index in [9.17, 15) is 14.4 Å². The molecule has 0 aromatic carbocycles. The van der Waals surface area contributed by atoms with Gasteiger partial charge in [-0.25, -0.2) is 0 Å². The van der Waals surface area contributed by atoms with E-state index in [1.54, 1.807) is 0 Å². The number of esters is 3. The van der Waals surface area contributed by atoms with Crippen LogP contribution in [0.1, 0.15) is 278 Å². The fraction of sp³-hybridized carbons (Fsp3) is 0.630. The first kappa shape index (κ1) is 74.3. The average Bonchev–Trinajstić information content (AvgIpc) is 3.45. The Morgan fingerprint density at radius 1 is 0.266 bits per heavy atom. The molecule has 0 rings (SSSR count). The smallest absolute Gasteiger partial charge is 0.306 e. The number of hydrogen-bond acceptors (Lipinski definition) is 6. The summed E-state index contributed by atoms with van der Waals surface area (Å²) in [5.74, 6) is -0.979. The van der Waals surface area contributed by atoms with E-state index in [0.29, 0.717) is 19.3 Å². The third-order valence-corrected chi connectivity index (χ3v) is 13.3. The van der Waals surface area contributed by atoms with Crippen LogP contribution >= 0.6 is 0 Å². The summed E-state index contributed by atoms with van der Waals surface area (Å²) in [5, 5.41) is 0. The van der Waals surface area contributed by atoms with Gasteiger partial charge in [-0.1, -0.05) is 276 Å². The first-order valence-electron chi connectivity index (χ1n) is 32.3. The number of hydrogen-bond donors (Lipinski definition) is 0. The van der Waals surface area contributed by atoms with E-state index in [1.165, 1.54) is 103 Å². The third-order valence-electron chi connectivity index (χ3n) is 13.3. The highest BCUT2D eigenvalue weighted by molar-refractivity contribution is 5.71. The van der Waals surface area contributed by atoms with Crippen LogP contribution in [0, 0.1) is 0 Å². The van der Waals surface area contributed by atoms with Crippen LogP contribution in [0.3, 0.4) is 0 Å². The molecule has 0 aliphatic carbocycles. The zero-order chi connectivity index (χ0) is 57.1. The van der Waals surface area contributed by atoms with Crippen LogP contribution in [0.4, 0.5) is 0 Å². The van der Waals surface area contributed by atoms with Gasteiger partial charge in [-0.3, -0.25) is 14.4 Å². The van der Waals surface area contributed by atoms with Crippen LogP contribution in [0.5, 0.6) is 0 Å². The summed E-state index contributed by atoms with van der Waals surface area (Å²) in [4.78, 5) is 38.3. The van der Waals surface area contributed by atoms with Crippen molar-refractivity contribution in [2.24, 2.45) is 0 Å². The molecule has 0 saturated carbocycles.